The molecule has 0 bridgehead atoms. The van der Waals surface area contributed by atoms with Crippen LogP contribution in [0.1, 0.15) is 5.56 Å². The molecule has 0 atom stereocenters. The lowest BCUT2D eigenvalue weighted by atomic mass is 10.2. The van der Waals surface area contributed by atoms with Crippen LogP contribution in [-0.4, -0.2) is 58.9 Å². The number of anilines is 1. The van der Waals surface area contributed by atoms with E-state index >= 15 is 0 Å². The second kappa shape index (κ2) is 12.0. The molecule has 0 aromatic heterocycles. The van der Waals surface area contributed by atoms with Gasteiger partial charge in [0.2, 0.25) is 0 Å². The lowest BCUT2D eigenvalue weighted by molar-refractivity contribution is -0.119. The first-order chi connectivity index (χ1) is 17.9. The van der Waals surface area contributed by atoms with Crippen LogP contribution in [0.4, 0.5) is 5.69 Å². The summed E-state index contributed by atoms with van der Waals surface area (Å²) in [6.45, 7) is -0.528. The van der Waals surface area contributed by atoms with Crippen LogP contribution in [0.5, 0.6) is 17.2 Å². The summed E-state index contributed by atoms with van der Waals surface area (Å²) in [6.07, 6.45) is 1.69. The van der Waals surface area contributed by atoms with Gasteiger partial charge in [-0.15, -0.1) is 0 Å². The quantitative estimate of drug-likeness (QED) is 0.292. The molecular formula is C26H27N3O6S2. The molecule has 0 radical (unpaired) electrons. The largest absolute Gasteiger partial charge is 0.497 e. The van der Waals surface area contributed by atoms with E-state index in [4.69, 9.17) is 14.2 Å². The second-order valence-electron chi connectivity index (χ2n) is 8.01. The summed E-state index contributed by atoms with van der Waals surface area (Å²) in [4.78, 5) is 12.9. The summed E-state index contributed by atoms with van der Waals surface area (Å²) >= 11 is 1.83. The zero-order valence-corrected chi connectivity index (χ0v) is 22.0. The molecule has 1 aliphatic heterocycles. The van der Waals surface area contributed by atoms with Gasteiger partial charge in [0.1, 0.15) is 29.9 Å². The van der Waals surface area contributed by atoms with E-state index in [1.807, 2.05) is 36.0 Å². The van der Waals surface area contributed by atoms with E-state index in [0.29, 0.717) is 5.75 Å². The van der Waals surface area contributed by atoms with E-state index in [0.717, 1.165) is 27.1 Å². The Hall–Kier alpha value is -3.70. The number of sulfonamides is 1. The van der Waals surface area contributed by atoms with Gasteiger partial charge in [0, 0.05) is 17.6 Å². The Morgan fingerprint density at radius 1 is 1.03 bits per heavy atom. The molecule has 3 aromatic rings. The Balaban J connectivity index is 1.53. The number of ether oxygens (including phenoxy) is 3. The minimum Gasteiger partial charge on any atom is -0.497 e. The molecular weight excluding hydrogens is 514 g/mol. The minimum absolute atomic E-state index is 0.0332. The van der Waals surface area contributed by atoms with Gasteiger partial charge >= 0.3 is 0 Å². The number of nitrogens with one attached hydrogen (secondary N) is 1. The molecule has 0 saturated carbocycles. The van der Waals surface area contributed by atoms with E-state index in [1.165, 1.54) is 38.6 Å². The van der Waals surface area contributed by atoms with Crippen molar-refractivity contribution in [3.63, 3.8) is 0 Å². The summed E-state index contributed by atoms with van der Waals surface area (Å²) in [5, 5.41) is 4.01. The Bertz CT molecular complexity index is 1360. The number of methoxy groups -OCH3 is 2. The van der Waals surface area contributed by atoms with Gasteiger partial charge in [-0.3, -0.25) is 9.10 Å². The molecule has 0 spiro atoms. The zero-order chi connectivity index (χ0) is 26.3. The Morgan fingerprint density at radius 3 is 2.49 bits per heavy atom. The molecule has 1 fully saturated rings. The van der Waals surface area contributed by atoms with Crippen molar-refractivity contribution in [1.82, 2.24) is 5.43 Å². The van der Waals surface area contributed by atoms with E-state index in [-0.39, 0.29) is 22.4 Å². The standard InChI is InChI=1S/C26H27N3O6S2/c1-33-20-11-12-24(25(14-20)34-2)29(37(31,32)23-9-4-3-5-10-23)16-26(30)28-27-15-19-7-6-8-21(13-19)35-22-17-36-18-22/h3-15,22H,16-18H2,1-2H3,(H,28,30)/b27-15-. The van der Waals surface area contributed by atoms with Gasteiger partial charge < -0.3 is 14.2 Å². The van der Waals surface area contributed by atoms with Crippen LogP contribution in [0.25, 0.3) is 0 Å². The number of amides is 1. The molecule has 11 heteroatoms. The first-order valence-corrected chi connectivity index (χ1v) is 14.0. The maximum atomic E-state index is 13.5. The molecule has 194 valence electrons. The van der Waals surface area contributed by atoms with Gasteiger partial charge in [0.25, 0.3) is 15.9 Å². The van der Waals surface area contributed by atoms with E-state index in [1.54, 1.807) is 30.3 Å². The number of thioether (sulfide) groups is 1. The molecule has 1 N–H and O–H groups in total. The maximum absolute atomic E-state index is 13.5. The van der Waals surface area contributed by atoms with Crippen LogP contribution >= 0.6 is 11.8 Å². The van der Waals surface area contributed by atoms with Crippen molar-refractivity contribution in [2.45, 2.75) is 11.0 Å². The number of carbonyl (C=O) groups excluding carboxylic acids is 1. The maximum Gasteiger partial charge on any atom is 0.264 e. The third-order valence-corrected chi connectivity index (χ3v) is 8.43. The highest BCUT2D eigenvalue weighted by Crippen LogP contribution is 2.35. The van der Waals surface area contributed by atoms with E-state index < -0.39 is 22.5 Å². The molecule has 9 nitrogen and oxygen atoms in total. The first-order valence-electron chi connectivity index (χ1n) is 11.4. The van der Waals surface area contributed by atoms with Crippen molar-refractivity contribution < 1.29 is 27.4 Å². The summed E-state index contributed by atoms with van der Waals surface area (Å²) in [6, 6.07) is 19.9. The highest BCUT2D eigenvalue weighted by molar-refractivity contribution is 8.00. The molecule has 4 rings (SSSR count). The monoisotopic (exact) mass is 541 g/mol. The van der Waals surface area contributed by atoms with Crippen molar-refractivity contribution >= 4 is 39.6 Å². The third-order valence-electron chi connectivity index (χ3n) is 5.45. The van der Waals surface area contributed by atoms with Crippen molar-refractivity contribution in [2.24, 2.45) is 5.10 Å². The molecule has 0 unspecified atom stereocenters. The normalized spacial score (nSPS) is 13.6. The summed E-state index contributed by atoms with van der Waals surface area (Å²) < 4.78 is 44.6. The van der Waals surface area contributed by atoms with Crippen LogP contribution < -0.4 is 23.9 Å². The van der Waals surface area contributed by atoms with Gasteiger partial charge in [-0.2, -0.15) is 16.9 Å². The number of hydrazone groups is 1. The summed E-state index contributed by atoms with van der Waals surface area (Å²) in [5.41, 5.74) is 3.33. The molecule has 1 amide bonds. The van der Waals surface area contributed by atoms with Crippen molar-refractivity contribution in [3.05, 3.63) is 78.4 Å². The fraction of sp³-hybridized carbons (Fsp3) is 0.231. The van der Waals surface area contributed by atoms with Gasteiger partial charge in [-0.1, -0.05) is 30.3 Å². The fourth-order valence-electron chi connectivity index (χ4n) is 3.50. The van der Waals surface area contributed by atoms with Gasteiger partial charge in [-0.05, 0) is 42.0 Å². The number of nitrogens with zero attached hydrogens (tertiary/aromatic N) is 2. The molecule has 1 saturated heterocycles. The fourth-order valence-corrected chi connectivity index (χ4v) is 5.51. The number of carbonyl (C=O) groups is 1. The van der Waals surface area contributed by atoms with E-state index in [9.17, 15) is 13.2 Å². The predicted octanol–water partition coefficient (Wildman–Crippen LogP) is 3.54. The van der Waals surface area contributed by atoms with Crippen molar-refractivity contribution in [2.75, 3.05) is 36.6 Å². The third kappa shape index (κ3) is 6.55. The second-order valence-corrected chi connectivity index (χ2v) is 10.9. The highest BCUT2D eigenvalue weighted by atomic mass is 32.2. The number of benzene rings is 3. The lowest BCUT2D eigenvalue weighted by Gasteiger charge is -2.25. The van der Waals surface area contributed by atoms with Crippen LogP contribution in [0.15, 0.2) is 82.8 Å². The molecule has 37 heavy (non-hydrogen) atoms. The molecule has 1 aliphatic rings. The van der Waals surface area contributed by atoms with Crippen molar-refractivity contribution in [1.29, 1.82) is 0 Å². The van der Waals surface area contributed by atoms with Crippen molar-refractivity contribution in [3.8, 4) is 17.2 Å². The van der Waals surface area contributed by atoms with Crippen LogP contribution in [0.2, 0.25) is 0 Å². The Labute approximate surface area is 220 Å². The minimum atomic E-state index is -4.11. The predicted molar refractivity (Wildman–Crippen MR) is 144 cm³/mol. The Morgan fingerprint density at radius 2 is 1.81 bits per heavy atom. The zero-order valence-electron chi connectivity index (χ0n) is 20.4. The van der Waals surface area contributed by atoms with Gasteiger partial charge in [0.15, 0.2) is 0 Å². The smallest absolute Gasteiger partial charge is 0.264 e. The molecule has 0 aliphatic carbocycles. The van der Waals surface area contributed by atoms with Crippen LogP contribution in [0, 0.1) is 0 Å². The Kier molecular flexibility index (Phi) is 8.57. The summed E-state index contributed by atoms with van der Waals surface area (Å²) in [7, 11) is -1.20. The average molecular weight is 542 g/mol. The number of hydrogen-bond acceptors (Lipinski definition) is 8. The lowest BCUT2D eigenvalue weighted by Crippen LogP contribution is -2.39. The molecule has 1 heterocycles. The van der Waals surface area contributed by atoms with Crippen LogP contribution in [0.3, 0.4) is 0 Å². The number of rotatable bonds is 11. The first kappa shape index (κ1) is 26.4. The highest BCUT2D eigenvalue weighted by Gasteiger charge is 2.29. The average Bonchev–Trinajstić information content (AvgIpc) is 2.90. The SMILES string of the molecule is COc1ccc(N(CC(=O)N/N=C\c2cccc(OC3CSC3)c2)S(=O)(=O)c2ccccc2)c(OC)c1. The van der Waals surface area contributed by atoms with Gasteiger partial charge in [-0.25, -0.2) is 13.8 Å². The molecule has 3 aromatic carbocycles. The van der Waals surface area contributed by atoms with Gasteiger partial charge in [0.05, 0.1) is 31.0 Å². The summed E-state index contributed by atoms with van der Waals surface area (Å²) in [5.74, 6) is 2.75. The topological polar surface area (TPSA) is 107 Å². The van der Waals surface area contributed by atoms with E-state index in [2.05, 4.69) is 10.5 Å². The van der Waals surface area contributed by atoms with Crippen LogP contribution in [-0.2, 0) is 14.8 Å². The number of hydrogen-bond donors (Lipinski definition) is 1.